The van der Waals surface area contributed by atoms with Crippen LogP contribution in [0.2, 0.25) is 5.02 Å². The molecule has 0 atom stereocenters. The van der Waals surface area contributed by atoms with Crippen LogP contribution >= 0.6 is 11.6 Å². The first kappa shape index (κ1) is 17.1. The van der Waals surface area contributed by atoms with E-state index in [0.717, 1.165) is 12.8 Å². The molecule has 1 N–H and O–H groups in total. The van der Waals surface area contributed by atoms with Crippen molar-refractivity contribution in [3.63, 3.8) is 0 Å². The molecule has 1 fully saturated rings. The summed E-state index contributed by atoms with van der Waals surface area (Å²) >= 11 is 6.02. The number of carbonyl (C=O) groups excluding carboxylic acids is 1. The molecule has 122 valence electrons. The molecule has 1 saturated carbocycles. The van der Waals surface area contributed by atoms with Crippen molar-refractivity contribution >= 4 is 33.0 Å². The van der Waals surface area contributed by atoms with Crippen LogP contribution in [0.4, 0.5) is 5.69 Å². The molecule has 0 saturated heterocycles. The van der Waals surface area contributed by atoms with Gasteiger partial charge in [-0.05, 0) is 43.5 Å². The van der Waals surface area contributed by atoms with Crippen LogP contribution in [0.25, 0.3) is 0 Å². The predicted molar refractivity (Wildman–Crippen MR) is 88.9 cm³/mol. The molecular weight excluding hydrogens is 324 g/mol. The van der Waals surface area contributed by atoms with Gasteiger partial charge in [0.2, 0.25) is 5.91 Å². The first-order valence-corrected chi connectivity index (χ1v) is 9.73. The number of carbonyl (C=O) groups is 1. The zero-order valence-corrected chi connectivity index (χ0v) is 14.4. The summed E-state index contributed by atoms with van der Waals surface area (Å²) in [6.07, 6.45) is 3.33. The topological polar surface area (TPSA) is 66.5 Å². The number of halogens is 1. The predicted octanol–water partition coefficient (Wildman–Crippen LogP) is 2.31. The molecule has 22 heavy (non-hydrogen) atoms. The number of benzene rings is 1. The molecule has 2 rings (SSSR count). The summed E-state index contributed by atoms with van der Waals surface area (Å²) in [5.41, 5.74) is 1.24. The molecule has 0 aromatic heterocycles. The average molecular weight is 345 g/mol. The van der Waals surface area contributed by atoms with E-state index >= 15 is 0 Å². The lowest BCUT2D eigenvalue weighted by molar-refractivity contribution is -0.129. The van der Waals surface area contributed by atoms with E-state index in [-0.39, 0.29) is 18.2 Å². The van der Waals surface area contributed by atoms with Crippen LogP contribution in [0, 0.1) is 0 Å². The minimum Gasteiger partial charge on any atom is -0.376 e. The molecular formula is C15H21ClN2O3S. The molecule has 0 unspecified atom stereocenters. The number of nitrogens with one attached hydrogen (secondary N) is 1. The smallest absolute Gasteiger partial charge is 0.242 e. The third-order valence-electron chi connectivity index (χ3n) is 3.56. The maximum atomic E-state index is 12.2. The number of hydrogen-bond donors (Lipinski definition) is 1. The van der Waals surface area contributed by atoms with Gasteiger partial charge in [-0.1, -0.05) is 11.6 Å². The second-order valence-corrected chi connectivity index (χ2v) is 8.19. The highest BCUT2D eigenvalue weighted by Gasteiger charge is 2.30. The Bertz CT molecular complexity index is 657. The maximum absolute atomic E-state index is 12.2. The van der Waals surface area contributed by atoms with E-state index in [1.54, 1.807) is 18.2 Å². The average Bonchev–Trinajstić information content (AvgIpc) is 3.23. The van der Waals surface area contributed by atoms with Crippen molar-refractivity contribution in [3.05, 3.63) is 28.8 Å². The van der Waals surface area contributed by atoms with E-state index in [1.807, 2.05) is 11.8 Å². The fourth-order valence-electron chi connectivity index (χ4n) is 2.38. The number of likely N-dealkylation sites (N-methyl/N-ethyl adjacent to an activating group) is 1. The Morgan fingerprint density at radius 3 is 2.64 bits per heavy atom. The van der Waals surface area contributed by atoms with Gasteiger partial charge in [0.1, 0.15) is 0 Å². The van der Waals surface area contributed by atoms with Gasteiger partial charge in [-0.3, -0.25) is 4.79 Å². The fourth-order valence-corrected chi connectivity index (χ4v) is 3.45. The summed E-state index contributed by atoms with van der Waals surface area (Å²) in [7, 11) is -3.16. The highest BCUT2D eigenvalue weighted by atomic mass is 35.5. The van der Waals surface area contributed by atoms with E-state index in [9.17, 15) is 13.2 Å². The maximum Gasteiger partial charge on any atom is 0.242 e. The molecule has 1 aliphatic rings. The lowest BCUT2D eigenvalue weighted by atomic mass is 10.2. The minimum atomic E-state index is -3.16. The number of sulfone groups is 1. The minimum absolute atomic E-state index is 0.0598. The van der Waals surface area contributed by atoms with Gasteiger partial charge in [-0.2, -0.15) is 0 Å². The molecule has 0 heterocycles. The first-order valence-electron chi connectivity index (χ1n) is 7.29. The largest absolute Gasteiger partial charge is 0.376 e. The number of hydrogen-bond acceptors (Lipinski definition) is 4. The second-order valence-electron chi connectivity index (χ2n) is 5.64. The van der Waals surface area contributed by atoms with Gasteiger partial charge in [0.05, 0.1) is 12.3 Å². The van der Waals surface area contributed by atoms with Crippen molar-refractivity contribution in [2.75, 3.05) is 24.7 Å². The van der Waals surface area contributed by atoms with Gasteiger partial charge in [0.15, 0.2) is 9.84 Å². The number of anilines is 1. The zero-order valence-electron chi connectivity index (χ0n) is 12.8. The molecule has 5 nitrogen and oxygen atoms in total. The summed E-state index contributed by atoms with van der Waals surface area (Å²) in [5.74, 6) is -0.0528. The standard InChI is InChI=1S/C15H21ClN2O3S/c1-3-18(13-5-6-13)15(19)9-17-12-4-7-14(16)11(8-12)10-22(2,20)21/h4,7-8,13,17H,3,5-6,9-10H2,1-2H3. The van der Waals surface area contributed by atoms with E-state index < -0.39 is 9.84 Å². The van der Waals surface area contributed by atoms with Crippen molar-refractivity contribution < 1.29 is 13.2 Å². The summed E-state index contributed by atoms with van der Waals surface area (Å²) in [4.78, 5) is 14.0. The lowest BCUT2D eigenvalue weighted by Crippen LogP contribution is -2.37. The van der Waals surface area contributed by atoms with Crippen molar-refractivity contribution in [2.24, 2.45) is 0 Å². The van der Waals surface area contributed by atoms with Crippen LogP contribution in [-0.4, -0.2) is 44.6 Å². The van der Waals surface area contributed by atoms with E-state index in [2.05, 4.69) is 5.32 Å². The molecule has 1 aromatic carbocycles. The molecule has 7 heteroatoms. The summed E-state index contributed by atoms with van der Waals surface area (Å²) in [6.45, 7) is 2.89. The van der Waals surface area contributed by atoms with E-state index in [1.165, 1.54) is 6.26 Å². The SMILES string of the molecule is CCN(C(=O)CNc1ccc(Cl)c(CS(C)(=O)=O)c1)C1CC1. The van der Waals surface area contributed by atoms with Gasteiger partial charge in [-0.15, -0.1) is 0 Å². The zero-order chi connectivity index (χ0) is 16.3. The molecule has 1 aliphatic carbocycles. The molecule has 0 radical (unpaired) electrons. The van der Waals surface area contributed by atoms with Crippen molar-refractivity contribution in [3.8, 4) is 0 Å². The van der Waals surface area contributed by atoms with Crippen molar-refractivity contribution in [1.29, 1.82) is 0 Å². The number of nitrogens with zero attached hydrogens (tertiary/aromatic N) is 1. The van der Waals surface area contributed by atoms with Crippen LogP contribution in [-0.2, 0) is 20.4 Å². The second kappa shape index (κ2) is 6.87. The molecule has 0 spiro atoms. The Balaban J connectivity index is 2.00. The molecule has 0 bridgehead atoms. The molecule has 1 aromatic rings. The van der Waals surface area contributed by atoms with E-state index in [4.69, 9.17) is 11.6 Å². The Kier molecular flexibility index (Phi) is 5.34. The van der Waals surface area contributed by atoms with Crippen LogP contribution in [0.15, 0.2) is 18.2 Å². The van der Waals surface area contributed by atoms with Crippen LogP contribution in [0.1, 0.15) is 25.3 Å². The highest BCUT2D eigenvalue weighted by molar-refractivity contribution is 7.89. The number of rotatable bonds is 7. The highest BCUT2D eigenvalue weighted by Crippen LogP contribution is 2.27. The van der Waals surface area contributed by atoms with Gasteiger partial charge in [0, 0.05) is 29.6 Å². The summed E-state index contributed by atoms with van der Waals surface area (Å²) in [5, 5.41) is 3.46. The normalized spacial score (nSPS) is 14.7. The van der Waals surface area contributed by atoms with E-state index in [0.29, 0.717) is 28.9 Å². The molecule has 1 amide bonds. The fraction of sp³-hybridized carbons (Fsp3) is 0.533. The first-order chi connectivity index (χ1) is 10.3. The van der Waals surface area contributed by atoms with Gasteiger partial charge >= 0.3 is 0 Å². The van der Waals surface area contributed by atoms with Gasteiger partial charge in [-0.25, -0.2) is 8.42 Å². The summed E-state index contributed by atoms with van der Waals surface area (Å²) < 4.78 is 22.8. The Labute approximate surface area is 136 Å². The Morgan fingerprint density at radius 1 is 1.41 bits per heavy atom. The van der Waals surface area contributed by atoms with Crippen LogP contribution < -0.4 is 5.32 Å². The van der Waals surface area contributed by atoms with Crippen LogP contribution in [0.3, 0.4) is 0 Å². The molecule has 0 aliphatic heterocycles. The Morgan fingerprint density at radius 2 is 2.09 bits per heavy atom. The van der Waals surface area contributed by atoms with Crippen molar-refractivity contribution in [2.45, 2.75) is 31.6 Å². The van der Waals surface area contributed by atoms with Gasteiger partial charge in [0.25, 0.3) is 0 Å². The number of amides is 1. The Hall–Kier alpha value is -1.27. The van der Waals surface area contributed by atoms with Gasteiger partial charge < -0.3 is 10.2 Å². The third-order valence-corrected chi connectivity index (χ3v) is 4.76. The lowest BCUT2D eigenvalue weighted by Gasteiger charge is -2.21. The summed E-state index contributed by atoms with van der Waals surface area (Å²) in [6, 6.07) is 5.47. The monoisotopic (exact) mass is 344 g/mol. The van der Waals surface area contributed by atoms with Crippen LogP contribution in [0.5, 0.6) is 0 Å². The quantitative estimate of drug-likeness (QED) is 0.824. The van der Waals surface area contributed by atoms with Crippen molar-refractivity contribution in [1.82, 2.24) is 4.90 Å². The third kappa shape index (κ3) is 4.88.